The van der Waals surface area contributed by atoms with Gasteiger partial charge in [-0.05, 0) is 6.92 Å². The summed E-state index contributed by atoms with van der Waals surface area (Å²) in [6.45, 7) is 3.90. The van der Waals surface area contributed by atoms with Gasteiger partial charge in [0, 0.05) is 0 Å². The highest BCUT2D eigenvalue weighted by atomic mass is 16.7. The predicted molar refractivity (Wildman–Crippen MR) is 24.1 cm³/mol. The van der Waals surface area contributed by atoms with Gasteiger partial charge in [0.2, 0.25) is 0 Å². The number of epoxide rings is 2. The van der Waals surface area contributed by atoms with E-state index in [2.05, 4.69) is 6.92 Å². The average Bonchev–Trinajstić information content (AvgIpc) is 2.14. The van der Waals surface area contributed by atoms with E-state index in [1.54, 1.807) is 0 Å². The van der Waals surface area contributed by atoms with Gasteiger partial charge in [-0.3, -0.25) is 0 Å². The highest BCUT2D eigenvalue weighted by Gasteiger charge is 2.53. The highest BCUT2D eigenvalue weighted by molar-refractivity contribution is 5.00. The van der Waals surface area contributed by atoms with Crippen molar-refractivity contribution < 1.29 is 9.47 Å². The molecule has 40 valence electrons. The average molecular weight is 100 g/mol. The molecule has 2 rings (SSSR count). The van der Waals surface area contributed by atoms with Crippen LogP contribution in [0.5, 0.6) is 0 Å². The summed E-state index contributed by atoms with van der Waals surface area (Å²) >= 11 is 0. The van der Waals surface area contributed by atoms with Gasteiger partial charge >= 0.3 is 0 Å². The van der Waals surface area contributed by atoms with E-state index in [1.165, 1.54) is 0 Å². The lowest BCUT2D eigenvalue weighted by atomic mass is 10.1. The van der Waals surface area contributed by atoms with Crippen molar-refractivity contribution in [3.63, 3.8) is 0 Å². The Bertz CT molecular complexity index is 92.3. The molecule has 2 atom stereocenters. The Labute approximate surface area is 42.4 Å². The molecule has 2 aliphatic heterocycles. The zero-order valence-corrected chi connectivity index (χ0v) is 4.31. The summed E-state index contributed by atoms with van der Waals surface area (Å²) in [6.07, 6.45) is 0.437. The fourth-order valence-corrected chi connectivity index (χ4v) is 0.700. The minimum absolute atomic E-state index is 0.139. The summed E-state index contributed by atoms with van der Waals surface area (Å²) in [4.78, 5) is 0. The number of hydrogen-bond donors (Lipinski definition) is 0. The second kappa shape index (κ2) is 0.858. The SMILES string of the molecule is C[C@@]1([C@@H]2CO2)CO1. The Hall–Kier alpha value is -0.0800. The minimum Gasteiger partial charge on any atom is -0.370 e. The minimum atomic E-state index is 0.139. The van der Waals surface area contributed by atoms with Crippen LogP contribution in [0.2, 0.25) is 0 Å². The van der Waals surface area contributed by atoms with E-state index in [4.69, 9.17) is 9.47 Å². The van der Waals surface area contributed by atoms with Gasteiger partial charge in [-0.1, -0.05) is 0 Å². The largest absolute Gasteiger partial charge is 0.370 e. The van der Waals surface area contributed by atoms with Crippen LogP contribution >= 0.6 is 0 Å². The highest BCUT2D eigenvalue weighted by Crippen LogP contribution is 2.37. The molecular weight excluding hydrogens is 92.1 g/mol. The fraction of sp³-hybridized carbons (Fsp3) is 1.00. The first-order valence-electron chi connectivity index (χ1n) is 2.57. The van der Waals surface area contributed by atoms with Crippen molar-refractivity contribution in [3.05, 3.63) is 0 Å². The fourth-order valence-electron chi connectivity index (χ4n) is 0.700. The van der Waals surface area contributed by atoms with Crippen LogP contribution in [0.3, 0.4) is 0 Å². The van der Waals surface area contributed by atoms with Crippen LogP contribution in [0.25, 0.3) is 0 Å². The number of ether oxygens (including phenoxy) is 2. The van der Waals surface area contributed by atoms with Crippen LogP contribution in [0.1, 0.15) is 6.92 Å². The first-order valence-corrected chi connectivity index (χ1v) is 2.57. The van der Waals surface area contributed by atoms with Gasteiger partial charge in [0.25, 0.3) is 0 Å². The molecule has 2 heteroatoms. The van der Waals surface area contributed by atoms with Crippen LogP contribution in [0.15, 0.2) is 0 Å². The van der Waals surface area contributed by atoms with Crippen LogP contribution in [0.4, 0.5) is 0 Å². The van der Waals surface area contributed by atoms with Crippen molar-refractivity contribution >= 4 is 0 Å². The van der Waals surface area contributed by atoms with E-state index in [1.807, 2.05) is 0 Å². The lowest BCUT2D eigenvalue weighted by Crippen LogP contribution is -2.12. The summed E-state index contributed by atoms with van der Waals surface area (Å²) in [5.41, 5.74) is 0.139. The monoisotopic (exact) mass is 100 g/mol. The summed E-state index contributed by atoms with van der Waals surface area (Å²) in [7, 11) is 0. The zero-order valence-electron chi connectivity index (χ0n) is 4.31. The molecule has 0 radical (unpaired) electrons. The van der Waals surface area contributed by atoms with Crippen LogP contribution in [-0.2, 0) is 9.47 Å². The molecule has 0 amide bonds. The van der Waals surface area contributed by atoms with Gasteiger partial charge < -0.3 is 9.47 Å². The molecule has 0 spiro atoms. The predicted octanol–water partition coefficient (Wildman–Crippen LogP) is 0.174. The Morgan fingerprint density at radius 2 is 2.29 bits per heavy atom. The normalized spacial score (nSPS) is 57.0. The standard InChI is InChI=1S/C5H8O2/c1-5(3-7-5)4-2-6-4/h4H,2-3H2,1H3/t4-,5-/m0/s1. The number of rotatable bonds is 1. The third-order valence-corrected chi connectivity index (χ3v) is 1.61. The van der Waals surface area contributed by atoms with Gasteiger partial charge in [0.1, 0.15) is 11.7 Å². The maximum atomic E-state index is 5.09. The van der Waals surface area contributed by atoms with Gasteiger partial charge in [-0.2, -0.15) is 0 Å². The third-order valence-electron chi connectivity index (χ3n) is 1.61. The van der Waals surface area contributed by atoms with E-state index in [0.29, 0.717) is 6.10 Å². The van der Waals surface area contributed by atoms with Crippen LogP contribution in [-0.4, -0.2) is 24.9 Å². The van der Waals surface area contributed by atoms with Gasteiger partial charge in [-0.15, -0.1) is 0 Å². The summed E-state index contributed by atoms with van der Waals surface area (Å²) in [5.74, 6) is 0. The summed E-state index contributed by atoms with van der Waals surface area (Å²) in [6, 6.07) is 0. The molecule has 0 aromatic carbocycles. The molecular formula is C5H8O2. The zero-order chi connectivity index (χ0) is 4.91. The molecule has 0 unspecified atom stereocenters. The topological polar surface area (TPSA) is 25.1 Å². The van der Waals surface area contributed by atoms with E-state index >= 15 is 0 Å². The van der Waals surface area contributed by atoms with E-state index in [9.17, 15) is 0 Å². The van der Waals surface area contributed by atoms with E-state index in [-0.39, 0.29) is 5.60 Å². The van der Waals surface area contributed by atoms with Crippen molar-refractivity contribution in [1.82, 2.24) is 0 Å². The molecule has 0 bridgehead atoms. The first kappa shape index (κ1) is 3.87. The molecule has 7 heavy (non-hydrogen) atoms. The second-order valence-electron chi connectivity index (χ2n) is 2.42. The molecule has 2 saturated heterocycles. The molecule has 2 fully saturated rings. The molecule has 2 nitrogen and oxygen atoms in total. The molecule has 0 aromatic rings. The molecule has 0 aromatic heterocycles. The number of hydrogen-bond acceptors (Lipinski definition) is 2. The van der Waals surface area contributed by atoms with Gasteiger partial charge in [0.15, 0.2) is 0 Å². The summed E-state index contributed by atoms with van der Waals surface area (Å²) < 4.78 is 10.1. The maximum Gasteiger partial charge on any atom is 0.117 e. The van der Waals surface area contributed by atoms with Crippen molar-refractivity contribution in [2.24, 2.45) is 0 Å². The molecule has 2 heterocycles. The van der Waals surface area contributed by atoms with E-state index in [0.717, 1.165) is 13.2 Å². The van der Waals surface area contributed by atoms with Gasteiger partial charge in [-0.25, -0.2) is 0 Å². The molecule has 0 N–H and O–H groups in total. The quantitative estimate of drug-likeness (QED) is 0.439. The Balaban J connectivity index is 2.04. The Morgan fingerprint density at radius 3 is 2.43 bits per heavy atom. The second-order valence-corrected chi connectivity index (χ2v) is 2.42. The molecule has 0 aliphatic carbocycles. The van der Waals surface area contributed by atoms with Crippen molar-refractivity contribution in [2.75, 3.05) is 13.2 Å². The lowest BCUT2D eigenvalue weighted by molar-refractivity contribution is 0.253. The first-order chi connectivity index (χ1) is 3.31. The van der Waals surface area contributed by atoms with Crippen molar-refractivity contribution in [1.29, 1.82) is 0 Å². The lowest BCUT2D eigenvalue weighted by Gasteiger charge is -1.92. The van der Waals surface area contributed by atoms with Crippen LogP contribution in [0, 0.1) is 0 Å². The molecule has 0 saturated carbocycles. The van der Waals surface area contributed by atoms with Crippen LogP contribution < -0.4 is 0 Å². The van der Waals surface area contributed by atoms with E-state index < -0.39 is 0 Å². The van der Waals surface area contributed by atoms with Gasteiger partial charge in [0.05, 0.1) is 13.2 Å². The Morgan fingerprint density at radius 1 is 1.71 bits per heavy atom. The smallest absolute Gasteiger partial charge is 0.117 e. The summed E-state index contributed by atoms with van der Waals surface area (Å²) in [5, 5.41) is 0. The Kier molecular flexibility index (Phi) is 0.474. The van der Waals surface area contributed by atoms with Crippen molar-refractivity contribution in [3.8, 4) is 0 Å². The third kappa shape index (κ3) is 0.469. The van der Waals surface area contributed by atoms with Crippen molar-refractivity contribution in [2.45, 2.75) is 18.6 Å². The maximum absolute atomic E-state index is 5.09. The molecule has 2 aliphatic rings.